The van der Waals surface area contributed by atoms with Crippen molar-refractivity contribution in [1.82, 2.24) is 4.98 Å². The van der Waals surface area contributed by atoms with E-state index < -0.39 is 11.7 Å². The highest BCUT2D eigenvalue weighted by Crippen LogP contribution is 2.34. The summed E-state index contributed by atoms with van der Waals surface area (Å²) in [6.45, 7) is 1.92. The second-order valence-corrected chi connectivity index (χ2v) is 8.65. The van der Waals surface area contributed by atoms with Crippen LogP contribution in [0.5, 0.6) is 0 Å². The van der Waals surface area contributed by atoms with E-state index >= 15 is 0 Å². The van der Waals surface area contributed by atoms with Gasteiger partial charge in [0.25, 0.3) is 0 Å². The van der Waals surface area contributed by atoms with Gasteiger partial charge >= 0.3 is 6.18 Å². The molecule has 31 heavy (non-hydrogen) atoms. The molecule has 0 aliphatic carbocycles. The van der Waals surface area contributed by atoms with Crippen LogP contribution in [0.4, 0.5) is 24.0 Å². The maximum atomic E-state index is 12.7. The van der Waals surface area contributed by atoms with Crippen LogP contribution in [0.1, 0.15) is 23.6 Å². The summed E-state index contributed by atoms with van der Waals surface area (Å²) in [6, 6.07) is 10.5. The van der Waals surface area contributed by atoms with Gasteiger partial charge < -0.3 is 16.4 Å². The first kappa shape index (κ1) is 21.3. The Bertz CT molecular complexity index is 1090. The zero-order chi connectivity index (χ0) is 22.2. The number of anilines is 2. The Morgan fingerprint density at radius 1 is 1.23 bits per heavy atom. The van der Waals surface area contributed by atoms with E-state index in [9.17, 15) is 18.0 Å². The van der Waals surface area contributed by atoms with Crippen LogP contribution in [0.15, 0.2) is 48.7 Å². The standard InChI is InChI=1S/C22H21F3N4OS/c1-12(17(26)8-13-2-5-16(6-3-13)22(23,24)25)28-21-27-11-19(31-21)14-4-7-18-15(9-14)10-20(30)29-18/h2-7,9,11-12,17H,8,10,26H2,1H3,(H,27,28)(H,29,30)/t12-,17+/m1/s1. The number of nitrogens with zero attached hydrogens (tertiary/aromatic N) is 1. The van der Waals surface area contributed by atoms with Gasteiger partial charge in [-0.05, 0) is 54.3 Å². The SMILES string of the molecule is C[C@@H](Nc1ncc(-c2ccc3c(c2)CC(=O)N3)s1)[C@@H](N)Cc1ccc(C(F)(F)F)cc1. The Morgan fingerprint density at radius 3 is 2.68 bits per heavy atom. The molecule has 0 fully saturated rings. The molecule has 9 heteroatoms. The van der Waals surface area contributed by atoms with E-state index in [0.717, 1.165) is 39.4 Å². The molecule has 2 aromatic carbocycles. The van der Waals surface area contributed by atoms with Crippen LogP contribution in [0.25, 0.3) is 10.4 Å². The molecule has 1 aromatic heterocycles. The lowest BCUT2D eigenvalue weighted by atomic mass is 10.0. The molecule has 0 unspecified atom stereocenters. The monoisotopic (exact) mass is 446 g/mol. The Labute approximate surface area is 181 Å². The van der Waals surface area contributed by atoms with Gasteiger partial charge in [0.1, 0.15) is 0 Å². The summed E-state index contributed by atoms with van der Waals surface area (Å²) in [7, 11) is 0. The summed E-state index contributed by atoms with van der Waals surface area (Å²) in [5, 5.41) is 6.81. The van der Waals surface area contributed by atoms with Gasteiger partial charge in [-0.25, -0.2) is 4.98 Å². The van der Waals surface area contributed by atoms with Gasteiger partial charge in [0.05, 0.1) is 16.9 Å². The van der Waals surface area contributed by atoms with Gasteiger partial charge in [0.15, 0.2) is 5.13 Å². The first-order valence-corrected chi connectivity index (χ1v) is 10.6. The molecule has 4 rings (SSSR count). The number of alkyl halides is 3. The highest BCUT2D eigenvalue weighted by atomic mass is 32.1. The summed E-state index contributed by atoms with van der Waals surface area (Å²) in [4.78, 5) is 16.9. The van der Waals surface area contributed by atoms with Crippen molar-refractivity contribution in [2.24, 2.45) is 5.73 Å². The molecule has 2 heterocycles. The number of amides is 1. The average Bonchev–Trinajstić information content (AvgIpc) is 3.32. The third kappa shape index (κ3) is 4.88. The number of hydrogen-bond donors (Lipinski definition) is 3. The van der Waals surface area contributed by atoms with Crippen molar-refractivity contribution in [1.29, 1.82) is 0 Å². The Hall–Kier alpha value is -2.91. The third-order valence-corrected chi connectivity index (χ3v) is 6.24. The summed E-state index contributed by atoms with van der Waals surface area (Å²) in [6.07, 6.45) is -1.75. The molecule has 1 amide bonds. The van der Waals surface area contributed by atoms with Crippen molar-refractivity contribution in [3.8, 4) is 10.4 Å². The number of nitrogens with one attached hydrogen (secondary N) is 2. The maximum Gasteiger partial charge on any atom is 0.416 e. The van der Waals surface area contributed by atoms with Gasteiger partial charge in [0.2, 0.25) is 5.91 Å². The Morgan fingerprint density at radius 2 is 1.97 bits per heavy atom. The quantitative estimate of drug-likeness (QED) is 0.513. The lowest BCUT2D eigenvalue weighted by Crippen LogP contribution is -2.39. The first-order valence-electron chi connectivity index (χ1n) is 9.76. The minimum Gasteiger partial charge on any atom is -0.357 e. The van der Waals surface area contributed by atoms with Gasteiger partial charge in [-0.2, -0.15) is 13.2 Å². The van der Waals surface area contributed by atoms with E-state index in [4.69, 9.17) is 5.73 Å². The van der Waals surface area contributed by atoms with Crippen molar-refractivity contribution in [2.75, 3.05) is 10.6 Å². The number of carbonyl (C=O) groups excluding carboxylic acids is 1. The molecule has 2 atom stereocenters. The number of aromatic nitrogens is 1. The lowest BCUT2D eigenvalue weighted by Gasteiger charge is -2.21. The lowest BCUT2D eigenvalue weighted by molar-refractivity contribution is -0.137. The van der Waals surface area contributed by atoms with E-state index in [1.165, 1.54) is 23.5 Å². The Balaban J connectivity index is 1.38. The Kier molecular flexibility index (Phi) is 5.72. The fourth-order valence-corrected chi connectivity index (χ4v) is 4.35. The molecule has 4 N–H and O–H groups in total. The molecule has 0 spiro atoms. The van der Waals surface area contributed by atoms with Crippen molar-refractivity contribution in [3.05, 3.63) is 65.4 Å². The first-order chi connectivity index (χ1) is 14.7. The van der Waals surface area contributed by atoms with Gasteiger partial charge in [0, 0.05) is 24.0 Å². The molecular weight excluding hydrogens is 425 g/mol. The van der Waals surface area contributed by atoms with Crippen LogP contribution in [0.3, 0.4) is 0 Å². The van der Waals surface area contributed by atoms with Crippen LogP contribution >= 0.6 is 11.3 Å². The highest BCUT2D eigenvalue weighted by Gasteiger charge is 2.30. The fourth-order valence-electron chi connectivity index (χ4n) is 3.44. The molecule has 5 nitrogen and oxygen atoms in total. The molecule has 162 valence electrons. The molecule has 0 bridgehead atoms. The van der Waals surface area contributed by atoms with Gasteiger partial charge in [-0.1, -0.05) is 29.5 Å². The van der Waals surface area contributed by atoms with Crippen molar-refractivity contribution in [3.63, 3.8) is 0 Å². The number of carbonyl (C=O) groups is 1. The predicted molar refractivity (Wildman–Crippen MR) is 116 cm³/mol. The maximum absolute atomic E-state index is 12.7. The zero-order valence-electron chi connectivity index (χ0n) is 16.7. The van der Waals surface area contributed by atoms with Gasteiger partial charge in [-0.15, -0.1) is 0 Å². The van der Waals surface area contributed by atoms with Crippen LogP contribution in [-0.2, 0) is 23.8 Å². The molecule has 0 radical (unpaired) electrons. The normalized spacial score (nSPS) is 15.3. The van der Waals surface area contributed by atoms with E-state index in [1.54, 1.807) is 6.20 Å². The molecule has 1 aliphatic rings. The summed E-state index contributed by atoms with van der Waals surface area (Å²) in [5.74, 6) is -0.00494. The van der Waals surface area contributed by atoms with E-state index in [-0.39, 0.29) is 18.0 Å². The van der Waals surface area contributed by atoms with E-state index in [0.29, 0.717) is 18.0 Å². The molecule has 3 aromatic rings. The summed E-state index contributed by atoms with van der Waals surface area (Å²) in [5.41, 5.74) is 9.15. The summed E-state index contributed by atoms with van der Waals surface area (Å²) >= 11 is 1.48. The topological polar surface area (TPSA) is 80.0 Å². The fraction of sp³-hybridized carbons (Fsp3) is 0.273. The minimum atomic E-state index is -4.34. The molecular formula is C22H21F3N4OS. The number of thiazole rings is 1. The third-order valence-electron chi connectivity index (χ3n) is 5.27. The number of nitrogens with two attached hydrogens (primary N) is 1. The average molecular weight is 446 g/mol. The number of halogens is 3. The van der Waals surface area contributed by atoms with Crippen molar-refractivity contribution < 1.29 is 18.0 Å². The minimum absolute atomic E-state index is 0.00494. The second-order valence-electron chi connectivity index (χ2n) is 7.62. The zero-order valence-corrected chi connectivity index (χ0v) is 17.5. The van der Waals surface area contributed by atoms with Crippen LogP contribution in [0, 0.1) is 0 Å². The van der Waals surface area contributed by atoms with Crippen LogP contribution < -0.4 is 16.4 Å². The summed E-state index contributed by atoms with van der Waals surface area (Å²) < 4.78 is 38.1. The molecule has 1 aliphatic heterocycles. The van der Waals surface area contributed by atoms with Crippen molar-refractivity contribution >= 4 is 28.1 Å². The number of rotatable bonds is 6. The van der Waals surface area contributed by atoms with Crippen molar-refractivity contribution in [2.45, 2.75) is 38.0 Å². The van der Waals surface area contributed by atoms with Crippen LogP contribution in [0.2, 0.25) is 0 Å². The molecule has 0 saturated heterocycles. The molecule has 0 saturated carbocycles. The smallest absolute Gasteiger partial charge is 0.357 e. The predicted octanol–water partition coefficient (Wildman–Crippen LogP) is 4.69. The largest absolute Gasteiger partial charge is 0.416 e. The van der Waals surface area contributed by atoms with E-state index in [2.05, 4.69) is 15.6 Å². The van der Waals surface area contributed by atoms with Gasteiger partial charge in [-0.3, -0.25) is 4.79 Å². The number of hydrogen-bond acceptors (Lipinski definition) is 5. The number of benzene rings is 2. The van der Waals surface area contributed by atoms with Crippen LogP contribution in [-0.4, -0.2) is 23.0 Å². The highest BCUT2D eigenvalue weighted by molar-refractivity contribution is 7.18. The second kappa shape index (κ2) is 8.32. The number of fused-ring (bicyclic) bond motifs is 1. The van der Waals surface area contributed by atoms with E-state index in [1.807, 2.05) is 25.1 Å².